The molecule has 3 aliphatic heterocycles. The summed E-state index contributed by atoms with van der Waals surface area (Å²) >= 11 is 0. The minimum absolute atomic E-state index is 0.0186. The number of nitrogens with one attached hydrogen (secondary N) is 3. The molecule has 0 bridgehead atoms. The number of ether oxygens (including phenoxy) is 2. The normalized spacial score (nSPS) is 21.8. The highest BCUT2D eigenvalue weighted by atomic mass is 16.7. The van der Waals surface area contributed by atoms with Crippen LogP contribution < -0.4 is 20.9 Å². The minimum atomic E-state index is -0.616. The van der Waals surface area contributed by atoms with E-state index in [0.29, 0.717) is 32.7 Å². The lowest BCUT2D eigenvalue weighted by Crippen LogP contribution is -2.57. The molecule has 3 saturated heterocycles. The van der Waals surface area contributed by atoms with Crippen LogP contribution >= 0.6 is 0 Å². The summed E-state index contributed by atoms with van der Waals surface area (Å²) in [5, 5.41) is 18.7. The molecule has 4 aromatic carbocycles. The predicted molar refractivity (Wildman–Crippen MR) is 224 cm³/mol. The molecule has 0 radical (unpaired) electrons. The van der Waals surface area contributed by atoms with Crippen molar-refractivity contribution in [2.45, 2.75) is 89.6 Å². The van der Waals surface area contributed by atoms with E-state index in [2.05, 4.69) is 75.1 Å². The maximum absolute atomic E-state index is 13.4. The Labute approximate surface area is 342 Å². The first kappa shape index (κ1) is 41.1. The Morgan fingerprint density at radius 2 is 1.57 bits per heavy atom. The Morgan fingerprint density at radius 1 is 0.828 bits per heavy atom. The van der Waals surface area contributed by atoms with Crippen LogP contribution in [0.3, 0.4) is 0 Å². The number of hydrogen-bond donors (Lipinski definition) is 4. The van der Waals surface area contributed by atoms with E-state index < -0.39 is 11.8 Å². The van der Waals surface area contributed by atoms with E-state index in [9.17, 15) is 19.5 Å². The van der Waals surface area contributed by atoms with Crippen LogP contribution in [-0.2, 0) is 37.0 Å². The van der Waals surface area contributed by atoms with E-state index in [4.69, 9.17) is 9.47 Å². The van der Waals surface area contributed by atoms with Gasteiger partial charge < -0.3 is 40.3 Å². The summed E-state index contributed by atoms with van der Waals surface area (Å²) in [6.45, 7) is 7.53. The third kappa shape index (κ3) is 9.78. The third-order valence-electron chi connectivity index (χ3n) is 12.0. The van der Waals surface area contributed by atoms with Gasteiger partial charge in [-0.2, -0.15) is 0 Å². The van der Waals surface area contributed by atoms with Crippen LogP contribution in [0, 0.1) is 5.92 Å². The molecule has 3 aliphatic rings. The average Bonchev–Trinajstić information content (AvgIpc) is 3.57. The number of aliphatic hydroxyl groups is 1. The van der Waals surface area contributed by atoms with Gasteiger partial charge in [0.1, 0.15) is 5.54 Å². The van der Waals surface area contributed by atoms with Gasteiger partial charge in [-0.15, -0.1) is 0 Å². The fourth-order valence-corrected chi connectivity index (χ4v) is 8.59. The molecule has 0 aliphatic carbocycles. The van der Waals surface area contributed by atoms with Gasteiger partial charge in [0.15, 0.2) is 6.29 Å². The molecular weight excluding hydrogens is 731 g/mol. The van der Waals surface area contributed by atoms with Crippen molar-refractivity contribution < 1.29 is 29.0 Å². The summed E-state index contributed by atoms with van der Waals surface area (Å²) in [7, 11) is 0. The molecule has 0 saturated carbocycles. The van der Waals surface area contributed by atoms with Crippen molar-refractivity contribution in [1.29, 1.82) is 0 Å². The maximum Gasteiger partial charge on any atom is 0.247 e. The molecule has 3 fully saturated rings. The molecule has 4 unspecified atom stereocenters. The Kier molecular flexibility index (Phi) is 13.6. The highest BCUT2D eigenvalue weighted by Gasteiger charge is 2.51. The SMILES string of the molecule is CC(=O)NCCCCCC(=O)NCc1cccc(-c2cccc(C3OC(CN4CCC5(CC4)C(=O)NCN5c4ccccc4)C(C)C(c4ccc(CO)cc4)O3)c2)c1. The third-order valence-corrected chi connectivity index (χ3v) is 12.0. The molecular formula is C47H57N5O6. The van der Waals surface area contributed by atoms with Crippen molar-refractivity contribution in [3.63, 3.8) is 0 Å². The first-order chi connectivity index (χ1) is 28.2. The molecule has 3 amide bonds. The van der Waals surface area contributed by atoms with Crippen LogP contribution in [0.4, 0.5) is 5.69 Å². The van der Waals surface area contributed by atoms with E-state index in [1.807, 2.05) is 60.7 Å². The maximum atomic E-state index is 13.4. The molecule has 4 aromatic rings. The summed E-state index contributed by atoms with van der Waals surface area (Å²) in [5.74, 6) is 0.125. The smallest absolute Gasteiger partial charge is 0.247 e. The quantitative estimate of drug-likeness (QED) is 0.102. The number of piperidine rings is 1. The number of carbonyl (C=O) groups excluding carboxylic acids is 3. The summed E-state index contributed by atoms with van der Waals surface area (Å²) in [4.78, 5) is 41.6. The minimum Gasteiger partial charge on any atom is -0.392 e. The van der Waals surface area contributed by atoms with Crippen LogP contribution in [-0.4, -0.2) is 72.2 Å². The molecule has 3 heterocycles. The van der Waals surface area contributed by atoms with Crippen molar-refractivity contribution in [3.8, 4) is 11.1 Å². The lowest BCUT2D eigenvalue weighted by molar-refractivity contribution is -0.276. The molecule has 58 heavy (non-hydrogen) atoms. The molecule has 7 rings (SSSR count). The second-order valence-corrected chi connectivity index (χ2v) is 16.0. The van der Waals surface area contributed by atoms with Crippen LogP contribution in [0.2, 0.25) is 0 Å². The largest absolute Gasteiger partial charge is 0.392 e. The van der Waals surface area contributed by atoms with Gasteiger partial charge in [-0.05, 0) is 77.8 Å². The van der Waals surface area contributed by atoms with Crippen molar-refractivity contribution in [1.82, 2.24) is 20.9 Å². The van der Waals surface area contributed by atoms with E-state index in [0.717, 1.165) is 84.3 Å². The van der Waals surface area contributed by atoms with Gasteiger partial charge in [-0.25, -0.2) is 0 Å². The first-order valence-corrected chi connectivity index (χ1v) is 20.8. The van der Waals surface area contributed by atoms with Crippen LogP contribution in [0.1, 0.15) is 87.0 Å². The van der Waals surface area contributed by atoms with Gasteiger partial charge in [0.25, 0.3) is 0 Å². The van der Waals surface area contributed by atoms with E-state index in [-0.39, 0.29) is 42.5 Å². The molecule has 306 valence electrons. The highest BCUT2D eigenvalue weighted by molar-refractivity contribution is 5.93. The van der Waals surface area contributed by atoms with Crippen LogP contribution in [0.15, 0.2) is 103 Å². The molecule has 0 aromatic heterocycles. The number of amides is 3. The molecule has 11 heteroatoms. The number of anilines is 1. The van der Waals surface area contributed by atoms with Gasteiger partial charge in [-0.3, -0.25) is 14.4 Å². The summed E-state index contributed by atoms with van der Waals surface area (Å²) < 4.78 is 13.7. The van der Waals surface area contributed by atoms with Crippen molar-refractivity contribution in [2.75, 3.05) is 37.7 Å². The Balaban J connectivity index is 1.03. The van der Waals surface area contributed by atoms with Crippen LogP contribution in [0.5, 0.6) is 0 Å². The van der Waals surface area contributed by atoms with Gasteiger partial charge in [0.2, 0.25) is 17.7 Å². The Bertz CT molecular complexity index is 2000. The van der Waals surface area contributed by atoms with Crippen LogP contribution in [0.25, 0.3) is 11.1 Å². The zero-order valence-electron chi connectivity index (χ0n) is 33.7. The summed E-state index contributed by atoms with van der Waals surface area (Å²) in [5.41, 5.74) is 6.38. The average molecular weight is 788 g/mol. The lowest BCUT2D eigenvalue weighted by atomic mass is 9.84. The van der Waals surface area contributed by atoms with Gasteiger partial charge in [0.05, 0.1) is 25.5 Å². The summed E-state index contributed by atoms with van der Waals surface area (Å²) in [6, 6.07) is 34.7. The number of benzene rings is 4. The number of nitrogens with zero attached hydrogens (tertiary/aromatic N) is 2. The Hall–Kier alpha value is -5.07. The van der Waals surface area contributed by atoms with E-state index in [1.165, 1.54) is 6.92 Å². The Morgan fingerprint density at radius 3 is 2.31 bits per heavy atom. The number of rotatable bonds is 15. The number of likely N-dealkylation sites (tertiary alicyclic amines) is 1. The number of para-hydroxylation sites is 1. The molecule has 11 nitrogen and oxygen atoms in total. The fourth-order valence-electron chi connectivity index (χ4n) is 8.59. The standard InChI is InChI=1S/C47H57N5O6/c1-33-42(30-51-25-22-47(23-26-51)46(56)50-32-52(47)41-15-5-3-6-16-41)57-45(58-44(33)37-20-18-35(31-53)19-21-37)40-14-10-13-39(28-40)38-12-9-11-36(27-38)29-49-43(55)17-7-4-8-24-48-34(2)54/h3,5-6,9-16,18-21,27-28,33,42,44-45,53H,4,7-8,17,22-26,29-32H2,1-2H3,(H,48,54)(H,49,55)(H,50,56). The number of carbonyl (C=O) groups is 3. The number of aliphatic hydroxyl groups excluding tert-OH is 1. The van der Waals surface area contributed by atoms with Gasteiger partial charge in [0, 0.05) is 63.2 Å². The second-order valence-electron chi connectivity index (χ2n) is 16.0. The zero-order valence-corrected chi connectivity index (χ0v) is 33.7. The molecule has 4 N–H and O–H groups in total. The molecule has 4 atom stereocenters. The van der Waals surface area contributed by atoms with Crippen molar-refractivity contribution >= 4 is 23.4 Å². The number of unbranched alkanes of at least 4 members (excludes halogenated alkanes) is 2. The molecule has 1 spiro atoms. The van der Waals surface area contributed by atoms with Gasteiger partial charge in [-0.1, -0.05) is 92.2 Å². The van der Waals surface area contributed by atoms with Gasteiger partial charge >= 0.3 is 0 Å². The topological polar surface area (TPSA) is 132 Å². The predicted octanol–water partition coefficient (Wildman–Crippen LogP) is 6.38. The monoisotopic (exact) mass is 787 g/mol. The zero-order chi connectivity index (χ0) is 40.5. The highest BCUT2D eigenvalue weighted by Crippen LogP contribution is 2.43. The number of hydrogen-bond acceptors (Lipinski definition) is 8. The van der Waals surface area contributed by atoms with Crippen molar-refractivity contribution in [2.24, 2.45) is 5.92 Å². The lowest BCUT2D eigenvalue weighted by Gasteiger charge is -2.46. The van der Waals surface area contributed by atoms with E-state index in [1.54, 1.807) is 0 Å². The second kappa shape index (κ2) is 19.1. The first-order valence-electron chi connectivity index (χ1n) is 20.8. The van der Waals surface area contributed by atoms with Crippen molar-refractivity contribution in [3.05, 3.63) is 125 Å². The van der Waals surface area contributed by atoms with E-state index >= 15 is 0 Å². The fraction of sp³-hybridized carbons (Fsp3) is 0.426. The summed E-state index contributed by atoms with van der Waals surface area (Å²) in [6.07, 6.45) is 3.44.